The molecule has 0 radical (unpaired) electrons. The summed E-state index contributed by atoms with van der Waals surface area (Å²) in [6.07, 6.45) is 12.0. The van der Waals surface area contributed by atoms with Crippen molar-refractivity contribution in [2.75, 3.05) is 19.8 Å². The molecule has 0 amide bonds. The average molecular weight is 457 g/mol. The van der Waals surface area contributed by atoms with Crippen LogP contribution < -0.4 is 0 Å². The topological polar surface area (TPSA) is 6.48 Å². The Hall–Kier alpha value is -1.44. The van der Waals surface area contributed by atoms with E-state index in [4.69, 9.17) is 0 Å². The Morgan fingerprint density at radius 2 is 0.939 bits per heavy atom. The first-order valence-corrected chi connectivity index (χ1v) is 14.0. The second-order valence-corrected chi connectivity index (χ2v) is 10.6. The number of nitrogens with zero attached hydrogens (tertiary/aromatic N) is 2. The van der Waals surface area contributed by atoms with Crippen LogP contribution in [0.15, 0.2) is 46.8 Å². The standard InChI is InChI=1S/C27H44N2.2C2H6/c1-18(2)22-11-9-12-23(19(3)4)26(22)28-15-16-29(17-28)27-24(20(5)6)13-10-14-25(27)21(7)8;2*1-2/h9-11,13,18-21,23,25H,12,14-17H2,1-8H3;2*1-2H3/t23-,25?;;/m1../s1. The minimum Gasteiger partial charge on any atom is -0.355 e. The van der Waals surface area contributed by atoms with Crippen molar-refractivity contribution in [1.82, 2.24) is 9.80 Å². The Morgan fingerprint density at radius 3 is 1.21 bits per heavy atom. The van der Waals surface area contributed by atoms with Gasteiger partial charge < -0.3 is 9.80 Å². The molecule has 2 nitrogen and oxygen atoms in total. The van der Waals surface area contributed by atoms with Gasteiger partial charge in [0.2, 0.25) is 0 Å². The maximum atomic E-state index is 2.73. The van der Waals surface area contributed by atoms with Gasteiger partial charge in [-0.3, -0.25) is 0 Å². The van der Waals surface area contributed by atoms with Gasteiger partial charge >= 0.3 is 0 Å². The fourth-order valence-corrected chi connectivity index (χ4v) is 5.47. The van der Waals surface area contributed by atoms with Gasteiger partial charge in [-0.15, -0.1) is 0 Å². The van der Waals surface area contributed by atoms with Crippen molar-refractivity contribution >= 4 is 0 Å². The van der Waals surface area contributed by atoms with Crippen molar-refractivity contribution in [2.24, 2.45) is 35.5 Å². The van der Waals surface area contributed by atoms with Crippen LogP contribution in [-0.4, -0.2) is 29.6 Å². The highest BCUT2D eigenvalue weighted by Crippen LogP contribution is 2.41. The van der Waals surface area contributed by atoms with Gasteiger partial charge in [0, 0.05) is 36.3 Å². The highest BCUT2D eigenvalue weighted by atomic mass is 15.4. The van der Waals surface area contributed by atoms with Crippen molar-refractivity contribution in [3.8, 4) is 0 Å². The summed E-state index contributed by atoms with van der Waals surface area (Å²) >= 11 is 0. The van der Waals surface area contributed by atoms with Gasteiger partial charge in [0.25, 0.3) is 0 Å². The minimum absolute atomic E-state index is 0.586. The molecule has 2 heteroatoms. The molecule has 0 spiro atoms. The van der Waals surface area contributed by atoms with E-state index in [9.17, 15) is 0 Å². The van der Waals surface area contributed by atoms with E-state index >= 15 is 0 Å². The maximum absolute atomic E-state index is 2.73. The summed E-state index contributed by atoms with van der Waals surface area (Å²) in [6, 6.07) is 0. The second kappa shape index (κ2) is 14.1. The summed E-state index contributed by atoms with van der Waals surface area (Å²) in [6.45, 7) is 30.4. The summed E-state index contributed by atoms with van der Waals surface area (Å²) in [5.74, 6) is 3.85. The number of hydrogen-bond donors (Lipinski definition) is 0. The van der Waals surface area contributed by atoms with Gasteiger partial charge in [-0.1, -0.05) is 107 Å². The average Bonchev–Trinajstić information content (AvgIpc) is 3.30. The van der Waals surface area contributed by atoms with Gasteiger partial charge in [-0.2, -0.15) is 0 Å². The van der Waals surface area contributed by atoms with E-state index in [2.05, 4.69) is 89.5 Å². The third kappa shape index (κ3) is 7.03. The van der Waals surface area contributed by atoms with Crippen molar-refractivity contribution in [3.63, 3.8) is 0 Å². The van der Waals surface area contributed by atoms with Gasteiger partial charge in [0.15, 0.2) is 0 Å². The Kier molecular flexibility index (Phi) is 12.6. The van der Waals surface area contributed by atoms with Crippen molar-refractivity contribution < 1.29 is 0 Å². The molecule has 1 heterocycles. The van der Waals surface area contributed by atoms with Crippen LogP contribution in [0.3, 0.4) is 0 Å². The first-order valence-electron chi connectivity index (χ1n) is 14.0. The van der Waals surface area contributed by atoms with Crippen LogP contribution in [0.2, 0.25) is 0 Å². The number of hydrogen-bond acceptors (Lipinski definition) is 2. The largest absolute Gasteiger partial charge is 0.355 e. The smallest absolute Gasteiger partial charge is 0.0899 e. The lowest BCUT2D eigenvalue weighted by atomic mass is 9.80. The Labute approximate surface area is 207 Å². The van der Waals surface area contributed by atoms with Crippen LogP contribution in [0.5, 0.6) is 0 Å². The predicted molar refractivity (Wildman–Crippen MR) is 149 cm³/mol. The van der Waals surface area contributed by atoms with Gasteiger partial charge in [-0.25, -0.2) is 0 Å². The van der Waals surface area contributed by atoms with Gasteiger partial charge in [0.1, 0.15) is 0 Å². The quantitative estimate of drug-likeness (QED) is 0.393. The zero-order chi connectivity index (χ0) is 25.3. The third-order valence-corrected chi connectivity index (χ3v) is 7.18. The Bertz CT molecular complexity index is 642. The zero-order valence-corrected chi connectivity index (χ0v) is 24.2. The van der Waals surface area contributed by atoms with Crippen LogP contribution in [0.4, 0.5) is 0 Å². The molecule has 1 unspecified atom stereocenters. The van der Waals surface area contributed by atoms with E-state index in [-0.39, 0.29) is 0 Å². The van der Waals surface area contributed by atoms with Crippen LogP contribution >= 0.6 is 0 Å². The molecule has 0 aromatic rings. The molecule has 0 aromatic heterocycles. The Balaban J connectivity index is 0.00000129. The zero-order valence-electron chi connectivity index (χ0n) is 24.2. The molecule has 0 N–H and O–H groups in total. The molecule has 0 saturated carbocycles. The highest BCUT2D eigenvalue weighted by molar-refractivity contribution is 5.35. The molecule has 0 bridgehead atoms. The molecule has 1 fully saturated rings. The fourth-order valence-electron chi connectivity index (χ4n) is 5.47. The summed E-state index contributed by atoms with van der Waals surface area (Å²) < 4.78 is 0. The van der Waals surface area contributed by atoms with Gasteiger partial charge in [-0.05, 0) is 47.7 Å². The molecule has 0 aromatic carbocycles. The van der Waals surface area contributed by atoms with Crippen molar-refractivity contribution in [1.29, 1.82) is 0 Å². The molecule has 1 saturated heterocycles. The summed E-state index contributed by atoms with van der Waals surface area (Å²) in [7, 11) is 0. The lowest BCUT2D eigenvalue weighted by molar-refractivity contribution is 0.241. The predicted octanol–water partition coefficient (Wildman–Crippen LogP) is 8.90. The molecule has 2 atom stereocenters. The van der Waals surface area contributed by atoms with Gasteiger partial charge in [0.05, 0.1) is 6.67 Å². The highest BCUT2D eigenvalue weighted by Gasteiger charge is 2.35. The normalized spacial score (nSPS) is 23.0. The molecular weight excluding hydrogens is 400 g/mol. The molecule has 2 aliphatic carbocycles. The summed E-state index contributed by atoms with van der Waals surface area (Å²) in [5.41, 5.74) is 6.41. The van der Waals surface area contributed by atoms with E-state index in [1.165, 1.54) is 12.8 Å². The first kappa shape index (κ1) is 29.6. The fraction of sp³-hybridized carbons (Fsp3) is 0.742. The third-order valence-electron chi connectivity index (χ3n) is 7.18. The SMILES string of the molecule is CC.CC.CC(C)C1=C(N2CCN(C3=C(C(C)C)C=CC[C@@H]3C(C)C)C2)C(C(C)C)CC=C1. The van der Waals surface area contributed by atoms with Crippen molar-refractivity contribution in [3.05, 3.63) is 46.8 Å². The summed E-state index contributed by atoms with van der Waals surface area (Å²) in [4.78, 5) is 5.45. The lowest BCUT2D eigenvalue weighted by Gasteiger charge is -2.39. The summed E-state index contributed by atoms with van der Waals surface area (Å²) in [5, 5.41) is 0. The minimum atomic E-state index is 0.586. The molecular formula is C31H56N2. The first-order chi connectivity index (χ1) is 15.7. The van der Waals surface area contributed by atoms with E-state index in [1.807, 2.05) is 27.7 Å². The maximum Gasteiger partial charge on any atom is 0.0899 e. The molecule has 1 aliphatic heterocycles. The second-order valence-electron chi connectivity index (χ2n) is 10.6. The number of allylic oxidation sites excluding steroid dienone is 8. The molecule has 33 heavy (non-hydrogen) atoms. The van der Waals surface area contributed by atoms with E-state index < -0.39 is 0 Å². The van der Waals surface area contributed by atoms with Crippen molar-refractivity contribution in [2.45, 2.75) is 95.9 Å². The van der Waals surface area contributed by atoms with E-state index in [0.717, 1.165) is 19.8 Å². The molecule has 3 aliphatic rings. The molecule has 190 valence electrons. The lowest BCUT2D eigenvalue weighted by Crippen LogP contribution is -2.35. The Morgan fingerprint density at radius 1 is 0.606 bits per heavy atom. The van der Waals surface area contributed by atoms with Crippen LogP contribution in [0, 0.1) is 35.5 Å². The van der Waals surface area contributed by atoms with Crippen LogP contribution in [-0.2, 0) is 0 Å². The van der Waals surface area contributed by atoms with E-state index in [0.29, 0.717) is 35.5 Å². The van der Waals surface area contributed by atoms with E-state index in [1.54, 1.807) is 22.5 Å². The number of rotatable bonds is 6. The monoisotopic (exact) mass is 456 g/mol. The molecule has 3 rings (SSSR count). The van der Waals surface area contributed by atoms with Crippen LogP contribution in [0.25, 0.3) is 0 Å². The van der Waals surface area contributed by atoms with Crippen LogP contribution in [0.1, 0.15) is 95.9 Å².